The summed E-state index contributed by atoms with van der Waals surface area (Å²) in [7, 11) is 3.14. The highest BCUT2D eigenvalue weighted by molar-refractivity contribution is 6.09. The fourth-order valence-electron chi connectivity index (χ4n) is 3.75. The molecule has 2 aromatic rings. The topological polar surface area (TPSA) is 67.9 Å². The van der Waals surface area contributed by atoms with Crippen LogP contribution in [0.2, 0.25) is 0 Å². The van der Waals surface area contributed by atoms with Crippen LogP contribution in [-0.4, -0.2) is 32.1 Å². The number of nitrogens with one attached hydrogen (secondary N) is 1. The molecule has 1 atom stereocenters. The lowest BCUT2D eigenvalue weighted by molar-refractivity contribution is -0.125. The molecule has 6 heteroatoms. The molecule has 0 bridgehead atoms. The second-order valence-corrected chi connectivity index (χ2v) is 7.18. The van der Waals surface area contributed by atoms with E-state index < -0.39 is 11.9 Å². The summed E-state index contributed by atoms with van der Waals surface area (Å²) in [5, 5.41) is 3.10. The smallest absolute Gasteiger partial charge is 0.303 e. The molecule has 2 amide bonds. The van der Waals surface area contributed by atoms with Crippen LogP contribution in [-0.2, 0) is 9.59 Å². The summed E-state index contributed by atoms with van der Waals surface area (Å²) in [4.78, 5) is 27.5. The van der Waals surface area contributed by atoms with Crippen LogP contribution in [0.25, 0.3) is 0 Å². The maximum Gasteiger partial charge on any atom is 0.303 e. The highest BCUT2D eigenvalue weighted by Gasteiger charge is 2.33. The number of nitrogens with zero attached hydrogens (tertiary/aromatic N) is 1. The van der Waals surface area contributed by atoms with Gasteiger partial charge in [0.2, 0.25) is 5.91 Å². The number of carbonyl (C=O) groups excluding carboxylic acids is 2. The van der Waals surface area contributed by atoms with Crippen molar-refractivity contribution in [1.29, 1.82) is 0 Å². The first-order chi connectivity index (χ1) is 14.6. The van der Waals surface area contributed by atoms with Gasteiger partial charge in [0.25, 0.3) is 0 Å². The van der Waals surface area contributed by atoms with Crippen LogP contribution >= 0.6 is 0 Å². The van der Waals surface area contributed by atoms with Gasteiger partial charge in [0.1, 0.15) is 17.5 Å². The SMILES string of the molecule is C#CC(=O)N(c1ccc(OC)cc1)C(C(=O)NC1CCCC1)c1ccc(OC)cc1. The van der Waals surface area contributed by atoms with Gasteiger partial charge in [-0.2, -0.15) is 0 Å². The molecule has 1 aliphatic rings. The lowest BCUT2D eigenvalue weighted by Gasteiger charge is -2.31. The third kappa shape index (κ3) is 4.74. The minimum atomic E-state index is -0.909. The number of benzene rings is 2. The molecule has 0 spiro atoms. The lowest BCUT2D eigenvalue weighted by Crippen LogP contribution is -2.46. The Balaban J connectivity index is 2.03. The second-order valence-electron chi connectivity index (χ2n) is 7.18. The molecule has 0 saturated heterocycles. The molecule has 1 aliphatic carbocycles. The quantitative estimate of drug-likeness (QED) is 0.715. The van der Waals surface area contributed by atoms with E-state index in [4.69, 9.17) is 15.9 Å². The monoisotopic (exact) mass is 406 g/mol. The van der Waals surface area contributed by atoms with E-state index in [1.54, 1.807) is 62.8 Å². The largest absolute Gasteiger partial charge is 0.497 e. The summed E-state index contributed by atoms with van der Waals surface area (Å²) in [5.74, 6) is 2.61. The van der Waals surface area contributed by atoms with Crippen molar-refractivity contribution < 1.29 is 19.1 Å². The first-order valence-corrected chi connectivity index (χ1v) is 9.95. The molecule has 3 rings (SSSR count). The number of amides is 2. The van der Waals surface area contributed by atoms with Gasteiger partial charge in [0.15, 0.2) is 0 Å². The maximum absolute atomic E-state index is 13.4. The lowest BCUT2D eigenvalue weighted by atomic mass is 10.0. The van der Waals surface area contributed by atoms with E-state index in [9.17, 15) is 9.59 Å². The maximum atomic E-state index is 13.4. The molecule has 1 fully saturated rings. The number of carbonyl (C=O) groups is 2. The predicted octanol–water partition coefficient (Wildman–Crippen LogP) is 3.47. The van der Waals surface area contributed by atoms with Gasteiger partial charge < -0.3 is 14.8 Å². The van der Waals surface area contributed by atoms with Crippen molar-refractivity contribution in [1.82, 2.24) is 5.32 Å². The van der Waals surface area contributed by atoms with Gasteiger partial charge in [0, 0.05) is 11.7 Å². The molecule has 0 aliphatic heterocycles. The first kappa shape index (κ1) is 21.3. The predicted molar refractivity (Wildman–Crippen MR) is 115 cm³/mol. The molecular weight excluding hydrogens is 380 g/mol. The third-order valence-corrected chi connectivity index (χ3v) is 5.33. The Kier molecular flexibility index (Phi) is 6.97. The van der Waals surface area contributed by atoms with Crippen LogP contribution in [0.1, 0.15) is 37.3 Å². The van der Waals surface area contributed by atoms with Gasteiger partial charge in [-0.05, 0) is 60.7 Å². The molecule has 0 heterocycles. The zero-order valence-corrected chi connectivity index (χ0v) is 17.3. The summed E-state index contributed by atoms with van der Waals surface area (Å²) in [6.45, 7) is 0. The Hall–Kier alpha value is -3.46. The highest BCUT2D eigenvalue weighted by Crippen LogP contribution is 2.31. The molecule has 156 valence electrons. The van der Waals surface area contributed by atoms with Crippen LogP contribution in [0.5, 0.6) is 11.5 Å². The van der Waals surface area contributed by atoms with Crippen molar-refractivity contribution in [2.24, 2.45) is 0 Å². The molecule has 1 unspecified atom stereocenters. The molecular formula is C24H26N2O4. The van der Waals surface area contributed by atoms with Gasteiger partial charge in [-0.3, -0.25) is 14.5 Å². The van der Waals surface area contributed by atoms with Crippen molar-refractivity contribution in [2.75, 3.05) is 19.1 Å². The molecule has 1 saturated carbocycles. The van der Waals surface area contributed by atoms with Crippen molar-refractivity contribution in [3.8, 4) is 23.8 Å². The first-order valence-electron chi connectivity index (χ1n) is 9.95. The van der Waals surface area contributed by atoms with Crippen LogP contribution in [0, 0.1) is 12.3 Å². The van der Waals surface area contributed by atoms with Gasteiger partial charge in [0.05, 0.1) is 14.2 Å². The molecule has 1 N–H and O–H groups in total. The third-order valence-electron chi connectivity index (χ3n) is 5.33. The van der Waals surface area contributed by atoms with E-state index in [1.807, 2.05) is 0 Å². The molecule has 2 aromatic carbocycles. The number of hydrogen-bond acceptors (Lipinski definition) is 4. The minimum absolute atomic E-state index is 0.108. The second kappa shape index (κ2) is 9.84. The zero-order valence-electron chi connectivity index (χ0n) is 17.3. The Labute approximate surface area is 177 Å². The van der Waals surface area contributed by atoms with E-state index in [1.165, 1.54) is 4.90 Å². The average molecular weight is 406 g/mol. The van der Waals surface area contributed by atoms with Gasteiger partial charge in [-0.1, -0.05) is 25.0 Å². The molecule has 30 heavy (non-hydrogen) atoms. The van der Waals surface area contributed by atoms with Crippen molar-refractivity contribution in [2.45, 2.75) is 37.8 Å². The molecule has 0 aromatic heterocycles. The summed E-state index contributed by atoms with van der Waals surface area (Å²) in [5.41, 5.74) is 1.16. The number of anilines is 1. The average Bonchev–Trinajstić information content (AvgIpc) is 3.30. The zero-order chi connectivity index (χ0) is 21.5. The van der Waals surface area contributed by atoms with E-state index in [2.05, 4.69) is 11.2 Å². The van der Waals surface area contributed by atoms with E-state index in [0.717, 1.165) is 25.7 Å². The number of terminal acetylenes is 1. The van der Waals surface area contributed by atoms with Crippen LogP contribution in [0.4, 0.5) is 5.69 Å². The molecule has 0 radical (unpaired) electrons. The van der Waals surface area contributed by atoms with Crippen molar-refractivity contribution in [3.63, 3.8) is 0 Å². The minimum Gasteiger partial charge on any atom is -0.497 e. The Morgan fingerprint density at radius 2 is 1.53 bits per heavy atom. The number of ether oxygens (including phenoxy) is 2. The van der Waals surface area contributed by atoms with Crippen LogP contribution in [0.15, 0.2) is 48.5 Å². The number of hydrogen-bond donors (Lipinski definition) is 1. The Bertz CT molecular complexity index is 910. The van der Waals surface area contributed by atoms with Gasteiger partial charge in [-0.15, -0.1) is 6.42 Å². The number of rotatable bonds is 7. The summed E-state index contributed by atoms with van der Waals surface area (Å²) in [6.07, 6.45) is 9.52. The summed E-state index contributed by atoms with van der Waals surface area (Å²) in [6, 6.07) is 13.2. The van der Waals surface area contributed by atoms with E-state index in [0.29, 0.717) is 22.7 Å². The summed E-state index contributed by atoms with van der Waals surface area (Å²) < 4.78 is 10.4. The Morgan fingerprint density at radius 1 is 1.00 bits per heavy atom. The highest BCUT2D eigenvalue weighted by atomic mass is 16.5. The van der Waals surface area contributed by atoms with Crippen LogP contribution in [0.3, 0.4) is 0 Å². The normalized spacial score (nSPS) is 14.4. The van der Waals surface area contributed by atoms with Gasteiger partial charge in [-0.25, -0.2) is 0 Å². The van der Waals surface area contributed by atoms with E-state index >= 15 is 0 Å². The van der Waals surface area contributed by atoms with Crippen LogP contribution < -0.4 is 19.7 Å². The fourth-order valence-corrected chi connectivity index (χ4v) is 3.75. The van der Waals surface area contributed by atoms with Gasteiger partial charge >= 0.3 is 5.91 Å². The van der Waals surface area contributed by atoms with Crippen molar-refractivity contribution in [3.05, 3.63) is 54.1 Å². The Morgan fingerprint density at radius 3 is 2.03 bits per heavy atom. The standard InChI is InChI=1S/C24H26N2O4/c1-4-22(27)26(19-11-15-21(30-3)16-12-19)23(17-9-13-20(29-2)14-10-17)24(28)25-18-7-5-6-8-18/h1,9-16,18,23H,5-8H2,2-3H3,(H,25,28). The van der Waals surface area contributed by atoms with Crippen molar-refractivity contribution >= 4 is 17.5 Å². The fraction of sp³-hybridized carbons (Fsp3) is 0.333. The summed E-state index contributed by atoms with van der Waals surface area (Å²) >= 11 is 0. The number of methoxy groups -OCH3 is 2. The van der Waals surface area contributed by atoms with E-state index in [-0.39, 0.29) is 11.9 Å². The molecule has 6 nitrogen and oxygen atoms in total.